The van der Waals surface area contributed by atoms with E-state index in [4.69, 9.17) is 27.9 Å². The molecule has 1 aliphatic heterocycles. The van der Waals surface area contributed by atoms with Crippen LogP contribution in [0.25, 0.3) is 0 Å². The summed E-state index contributed by atoms with van der Waals surface area (Å²) in [7, 11) is 0. The molecule has 0 spiro atoms. The van der Waals surface area contributed by atoms with Gasteiger partial charge < -0.3 is 4.74 Å². The van der Waals surface area contributed by atoms with Gasteiger partial charge in [-0.2, -0.15) is 0 Å². The number of halogens is 2. The molecule has 4 heteroatoms. The first kappa shape index (κ1) is 14.4. The summed E-state index contributed by atoms with van der Waals surface area (Å²) in [5.74, 6) is 1.12. The van der Waals surface area contributed by atoms with Gasteiger partial charge in [0.1, 0.15) is 5.75 Å². The molecule has 0 bridgehead atoms. The van der Waals surface area contributed by atoms with Crippen LogP contribution < -0.4 is 4.74 Å². The van der Waals surface area contributed by atoms with Gasteiger partial charge in [-0.3, -0.25) is 4.79 Å². The Morgan fingerprint density at radius 2 is 1.86 bits per heavy atom. The van der Waals surface area contributed by atoms with Gasteiger partial charge in [0.25, 0.3) is 0 Å². The Labute approximate surface area is 133 Å². The molecule has 1 aliphatic rings. The summed E-state index contributed by atoms with van der Waals surface area (Å²) >= 11 is 11.9. The molecule has 0 aromatic heterocycles. The van der Waals surface area contributed by atoms with Crippen molar-refractivity contribution < 1.29 is 9.53 Å². The van der Waals surface area contributed by atoms with Crippen molar-refractivity contribution in [1.82, 2.24) is 0 Å². The fourth-order valence-corrected chi connectivity index (χ4v) is 3.21. The van der Waals surface area contributed by atoms with Crippen molar-refractivity contribution in [2.45, 2.75) is 18.8 Å². The number of Topliss-reactive ketones (excluding diaryl/α,β-unsaturated/α-hetero) is 1. The van der Waals surface area contributed by atoms with Crippen LogP contribution >= 0.6 is 23.2 Å². The zero-order valence-corrected chi connectivity index (χ0v) is 12.8. The highest BCUT2D eigenvalue weighted by atomic mass is 35.5. The Hall–Kier alpha value is -1.51. The van der Waals surface area contributed by atoms with Crippen LogP contribution in [0.15, 0.2) is 42.5 Å². The maximum absolute atomic E-state index is 12.5. The summed E-state index contributed by atoms with van der Waals surface area (Å²) < 4.78 is 5.63. The molecular formula is C17H14Cl2O2. The van der Waals surface area contributed by atoms with Gasteiger partial charge in [0.2, 0.25) is 0 Å². The lowest BCUT2D eigenvalue weighted by Gasteiger charge is -2.25. The Balaban J connectivity index is 1.82. The number of carbonyl (C=O) groups excluding carboxylic acids is 1. The molecule has 0 fully saturated rings. The minimum atomic E-state index is 0.0566. The van der Waals surface area contributed by atoms with Crippen LogP contribution in [0.4, 0.5) is 0 Å². The normalized spacial score (nSPS) is 17.0. The van der Waals surface area contributed by atoms with E-state index in [0.29, 0.717) is 28.6 Å². The summed E-state index contributed by atoms with van der Waals surface area (Å²) in [6, 6.07) is 12.9. The van der Waals surface area contributed by atoms with Crippen molar-refractivity contribution in [3.8, 4) is 5.75 Å². The third-order valence-electron chi connectivity index (χ3n) is 3.70. The third kappa shape index (κ3) is 3.22. The van der Waals surface area contributed by atoms with Crippen molar-refractivity contribution >= 4 is 29.0 Å². The zero-order valence-electron chi connectivity index (χ0n) is 11.3. The Morgan fingerprint density at radius 3 is 2.62 bits per heavy atom. The van der Waals surface area contributed by atoms with Crippen LogP contribution in [0.1, 0.15) is 34.7 Å². The average Bonchev–Trinajstić information content (AvgIpc) is 2.46. The summed E-state index contributed by atoms with van der Waals surface area (Å²) in [6.45, 7) is 0.644. The van der Waals surface area contributed by atoms with Gasteiger partial charge in [0, 0.05) is 22.0 Å². The molecule has 0 radical (unpaired) electrons. The van der Waals surface area contributed by atoms with E-state index in [1.54, 1.807) is 18.2 Å². The van der Waals surface area contributed by atoms with E-state index in [2.05, 4.69) is 0 Å². The Bertz CT molecular complexity index is 662. The van der Waals surface area contributed by atoms with Gasteiger partial charge in [-0.25, -0.2) is 0 Å². The molecule has 0 N–H and O–H groups in total. The van der Waals surface area contributed by atoms with E-state index < -0.39 is 0 Å². The monoisotopic (exact) mass is 320 g/mol. The number of benzene rings is 2. The molecule has 0 saturated carbocycles. The quantitative estimate of drug-likeness (QED) is 0.732. The van der Waals surface area contributed by atoms with Crippen LogP contribution in [0.5, 0.6) is 5.75 Å². The molecule has 108 valence electrons. The van der Waals surface area contributed by atoms with E-state index in [0.717, 1.165) is 17.7 Å². The fourth-order valence-electron chi connectivity index (χ4n) is 2.68. The van der Waals surface area contributed by atoms with Crippen LogP contribution in [-0.2, 0) is 0 Å². The van der Waals surface area contributed by atoms with E-state index >= 15 is 0 Å². The lowest BCUT2D eigenvalue weighted by molar-refractivity contribution is 0.0966. The molecular weight excluding hydrogens is 307 g/mol. The molecule has 2 aromatic rings. The number of ketones is 1. The van der Waals surface area contributed by atoms with Crippen molar-refractivity contribution in [2.75, 3.05) is 6.61 Å². The van der Waals surface area contributed by atoms with E-state index in [1.807, 2.05) is 24.3 Å². The van der Waals surface area contributed by atoms with Gasteiger partial charge in [-0.1, -0.05) is 41.4 Å². The molecule has 3 rings (SSSR count). The standard InChI is InChI=1S/C17H14Cl2O2/c18-13-7-12(8-14(19)10-13)16(20)9-11-5-6-21-17-4-2-1-3-15(11)17/h1-4,7-8,10-11H,5-6,9H2. The maximum atomic E-state index is 12.5. The zero-order chi connectivity index (χ0) is 14.8. The number of rotatable bonds is 3. The molecule has 0 amide bonds. The maximum Gasteiger partial charge on any atom is 0.163 e. The van der Waals surface area contributed by atoms with Gasteiger partial charge >= 0.3 is 0 Å². The lowest BCUT2D eigenvalue weighted by atomic mass is 9.87. The summed E-state index contributed by atoms with van der Waals surface area (Å²) in [4.78, 5) is 12.5. The number of fused-ring (bicyclic) bond motifs is 1. The van der Waals surface area contributed by atoms with Gasteiger partial charge in [-0.15, -0.1) is 0 Å². The molecule has 0 aliphatic carbocycles. The van der Waals surface area contributed by atoms with Crippen LogP contribution in [0.3, 0.4) is 0 Å². The highest BCUT2D eigenvalue weighted by Crippen LogP contribution is 2.36. The molecule has 21 heavy (non-hydrogen) atoms. The van der Waals surface area contributed by atoms with E-state index in [-0.39, 0.29) is 11.7 Å². The smallest absolute Gasteiger partial charge is 0.163 e. The van der Waals surface area contributed by atoms with Crippen molar-refractivity contribution in [3.05, 3.63) is 63.6 Å². The van der Waals surface area contributed by atoms with Gasteiger partial charge in [-0.05, 0) is 42.2 Å². The van der Waals surface area contributed by atoms with Crippen molar-refractivity contribution in [2.24, 2.45) is 0 Å². The first-order chi connectivity index (χ1) is 10.1. The fraction of sp³-hybridized carbons (Fsp3) is 0.235. The molecule has 1 unspecified atom stereocenters. The summed E-state index contributed by atoms with van der Waals surface area (Å²) in [6.07, 6.45) is 1.29. The van der Waals surface area contributed by atoms with Gasteiger partial charge in [0.15, 0.2) is 5.78 Å². The molecule has 0 saturated heterocycles. The summed E-state index contributed by atoms with van der Waals surface area (Å²) in [5, 5.41) is 0.969. The first-order valence-electron chi connectivity index (χ1n) is 6.84. The van der Waals surface area contributed by atoms with Crippen molar-refractivity contribution in [3.63, 3.8) is 0 Å². The second kappa shape index (κ2) is 6.08. The highest BCUT2D eigenvalue weighted by Gasteiger charge is 2.24. The van der Waals surface area contributed by atoms with E-state index in [9.17, 15) is 4.79 Å². The number of hydrogen-bond donors (Lipinski definition) is 0. The number of carbonyl (C=O) groups is 1. The number of para-hydroxylation sites is 1. The Kier molecular flexibility index (Phi) is 4.18. The molecule has 2 nitrogen and oxygen atoms in total. The number of ether oxygens (including phenoxy) is 1. The topological polar surface area (TPSA) is 26.3 Å². The third-order valence-corrected chi connectivity index (χ3v) is 4.14. The predicted molar refractivity (Wildman–Crippen MR) is 84.7 cm³/mol. The van der Waals surface area contributed by atoms with E-state index in [1.165, 1.54) is 0 Å². The average molecular weight is 321 g/mol. The van der Waals surface area contributed by atoms with Gasteiger partial charge in [0.05, 0.1) is 6.61 Å². The molecule has 1 atom stereocenters. The van der Waals surface area contributed by atoms with Crippen molar-refractivity contribution in [1.29, 1.82) is 0 Å². The largest absolute Gasteiger partial charge is 0.493 e. The molecule has 2 aromatic carbocycles. The van der Waals surface area contributed by atoms with Crippen LogP contribution in [0.2, 0.25) is 10.0 Å². The molecule has 1 heterocycles. The SMILES string of the molecule is O=C(CC1CCOc2ccccc21)c1cc(Cl)cc(Cl)c1. The Morgan fingerprint density at radius 1 is 1.14 bits per heavy atom. The summed E-state index contributed by atoms with van der Waals surface area (Å²) in [5.41, 5.74) is 1.67. The van der Waals surface area contributed by atoms with Crippen LogP contribution in [0, 0.1) is 0 Å². The minimum Gasteiger partial charge on any atom is -0.493 e. The highest BCUT2D eigenvalue weighted by molar-refractivity contribution is 6.35. The predicted octanol–water partition coefficient (Wildman–Crippen LogP) is 5.13. The number of hydrogen-bond acceptors (Lipinski definition) is 2. The lowest BCUT2D eigenvalue weighted by Crippen LogP contribution is -2.17. The van der Waals surface area contributed by atoms with Crippen LogP contribution in [-0.4, -0.2) is 12.4 Å². The minimum absolute atomic E-state index is 0.0566. The first-order valence-corrected chi connectivity index (χ1v) is 7.60. The second-order valence-corrected chi connectivity index (χ2v) is 6.03. The second-order valence-electron chi connectivity index (χ2n) is 5.16.